The number of hydrogen-bond acceptors (Lipinski definition) is 3. The Morgan fingerprint density at radius 1 is 1.44 bits per heavy atom. The van der Waals surface area contributed by atoms with Gasteiger partial charge in [0.1, 0.15) is 0 Å². The Kier molecular flexibility index (Phi) is 7.69. The van der Waals surface area contributed by atoms with Crippen molar-refractivity contribution >= 4 is 0 Å². The Labute approximate surface area is 111 Å². The molecule has 1 aromatic heterocycles. The number of imidazole rings is 1. The molecule has 0 spiro atoms. The van der Waals surface area contributed by atoms with E-state index >= 15 is 0 Å². The van der Waals surface area contributed by atoms with Crippen LogP contribution < -0.4 is 5.32 Å². The van der Waals surface area contributed by atoms with Gasteiger partial charge in [-0.3, -0.25) is 0 Å². The lowest BCUT2D eigenvalue weighted by Gasteiger charge is -2.09. The van der Waals surface area contributed by atoms with Gasteiger partial charge in [0.25, 0.3) is 0 Å². The zero-order valence-corrected chi connectivity index (χ0v) is 12.0. The van der Waals surface area contributed by atoms with E-state index in [0.29, 0.717) is 5.92 Å². The van der Waals surface area contributed by atoms with Gasteiger partial charge in [-0.15, -0.1) is 0 Å². The van der Waals surface area contributed by atoms with Crippen LogP contribution in [0.5, 0.6) is 0 Å². The summed E-state index contributed by atoms with van der Waals surface area (Å²) in [4.78, 5) is 4.19. The summed E-state index contributed by atoms with van der Waals surface area (Å²) in [6.07, 6.45) is 6.06. The van der Waals surface area contributed by atoms with Gasteiger partial charge in [-0.25, -0.2) is 4.98 Å². The minimum atomic E-state index is 0.626. The Morgan fingerprint density at radius 2 is 2.28 bits per heavy atom. The number of aromatic nitrogens is 2. The molecular formula is C14H27N3O. The highest BCUT2D eigenvalue weighted by atomic mass is 16.5. The van der Waals surface area contributed by atoms with E-state index < -0.39 is 0 Å². The van der Waals surface area contributed by atoms with Gasteiger partial charge >= 0.3 is 0 Å². The molecule has 0 atom stereocenters. The van der Waals surface area contributed by atoms with E-state index in [2.05, 4.69) is 35.6 Å². The molecule has 0 saturated heterocycles. The monoisotopic (exact) mass is 253 g/mol. The van der Waals surface area contributed by atoms with Crippen molar-refractivity contribution in [3.63, 3.8) is 0 Å². The molecule has 0 fully saturated rings. The second-order valence-corrected chi connectivity index (χ2v) is 5.08. The molecule has 0 bridgehead atoms. The molecule has 0 saturated carbocycles. The van der Waals surface area contributed by atoms with Crippen LogP contribution in [0.2, 0.25) is 0 Å². The van der Waals surface area contributed by atoms with Gasteiger partial charge in [0.05, 0.1) is 12.0 Å². The zero-order chi connectivity index (χ0) is 13.2. The van der Waals surface area contributed by atoms with E-state index in [4.69, 9.17) is 4.74 Å². The van der Waals surface area contributed by atoms with Gasteiger partial charge in [0.2, 0.25) is 0 Å². The Balaban J connectivity index is 2.05. The molecule has 104 valence electrons. The van der Waals surface area contributed by atoms with Crippen LogP contribution in [0.3, 0.4) is 0 Å². The fourth-order valence-electron chi connectivity index (χ4n) is 1.77. The van der Waals surface area contributed by atoms with E-state index in [0.717, 1.165) is 45.7 Å². The second kappa shape index (κ2) is 9.11. The number of nitrogens with one attached hydrogen (secondary N) is 1. The zero-order valence-electron chi connectivity index (χ0n) is 12.0. The van der Waals surface area contributed by atoms with Crippen molar-refractivity contribution in [1.29, 1.82) is 0 Å². The Hall–Kier alpha value is -0.870. The lowest BCUT2D eigenvalue weighted by molar-refractivity contribution is 0.108. The van der Waals surface area contributed by atoms with Gasteiger partial charge in [-0.1, -0.05) is 20.8 Å². The maximum atomic E-state index is 5.54. The number of aryl methyl sites for hydroxylation is 1. The molecule has 0 amide bonds. The van der Waals surface area contributed by atoms with Crippen LogP contribution >= 0.6 is 0 Å². The van der Waals surface area contributed by atoms with Crippen molar-refractivity contribution in [3.8, 4) is 0 Å². The average Bonchev–Trinajstić information content (AvgIpc) is 2.76. The summed E-state index contributed by atoms with van der Waals surface area (Å²) in [5.74, 6) is 0.626. The summed E-state index contributed by atoms with van der Waals surface area (Å²) in [5, 5.41) is 3.43. The number of hydrogen-bond donors (Lipinski definition) is 1. The largest absolute Gasteiger partial charge is 0.381 e. The van der Waals surface area contributed by atoms with Gasteiger partial charge in [-0.05, 0) is 25.3 Å². The lowest BCUT2D eigenvalue weighted by atomic mass is 10.2. The second-order valence-electron chi connectivity index (χ2n) is 5.08. The first-order chi connectivity index (χ1) is 8.74. The summed E-state index contributed by atoms with van der Waals surface area (Å²) < 4.78 is 7.75. The van der Waals surface area contributed by atoms with Crippen molar-refractivity contribution < 1.29 is 4.74 Å². The third kappa shape index (κ3) is 6.17. The highest BCUT2D eigenvalue weighted by Gasteiger charge is 2.00. The molecule has 1 heterocycles. The quantitative estimate of drug-likeness (QED) is 0.651. The smallest absolute Gasteiger partial charge is 0.0948 e. The molecule has 1 N–H and O–H groups in total. The van der Waals surface area contributed by atoms with Crippen LogP contribution in [0.15, 0.2) is 12.5 Å². The first kappa shape index (κ1) is 15.2. The average molecular weight is 253 g/mol. The van der Waals surface area contributed by atoms with Crippen LogP contribution in [0.25, 0.3) is 0 Å². The summed E-state index contributed by atoms with van der Waals surface area (Å²) >= 11 is 0. The van der Waals surface area contributed by atoms with Crippen molar-refractivity contribution in [3.05, 3.63) is 18.2 Å². The number of nitrogens with zero attached hydrogens (tertiary/aromatic N) is 2. The fourth-order valence-corrected chi connectivity index (χ4v) is 1.77. The highest BCUT2D eigenvalue weighted by Crippen LogP contribution is 2.00. The molecule has 4 heteroatoms. The van der Waals surface area contributed by atoms with Gasteiger partial charge in [0.15, 0.2) is 0 Å². The van der Waals surface area contributed by atoms with Crippen molar-refractivity contribution in [2.45, 2.75) is 46.7 Å². The fraction of sp³-hybridized carbons (Fsp3) is 0.786. The minimum Gasteiger partial charge on any atom is -0.381 e. The van der Waals surface area contributed by atoms with Crippen molar-refractivity contribution in [2.75, 3.05) is 19.8 Å². The maximum absolute atomic E-state index is 5.54. The molecule has 18 heavy (non-hydrogen) atoms. The SMILES string of the molecule is CCCn1cncc1CNCCCOCC(C)C. The number of rotatable bonds is 10. The predicted molar refractivity (Wildman–Crippen MR) is 74.5 cm³/mol. The molecule has 0 aliphatic carbocycles. The first-order valence-electron chi connectivity index (χ1n) is 7.01. The molecule has 1 aromatic rings. The van der Waals surface area contributed by atoms with Gasteiger partial charge in [-0.2, -0.15) is 0 Å². The van der Waals surface area contributed by atoms with Crippen LogP contribution in [-0.2, 0) is 17.8 Å². The van der Waals surface area contributed by atoms with E-state index in [-0.39, 0.29) is 0 Å². The summed E-state index contributed by atoms with van der Waals surface area (Å²) in [6.45, 7) is 11.2. The topological polar surface area (TPSA) is 39.1 Å². The van der Waals surface area contributed by atoms with Crippen LogP contribution in [0.4, 0.5) is 0 Å². The molecule has 4 nitrogen and oxygen atoms in total. The normalized spacial score (nSPS) is 11.3. The third-order valence-corrected chi connectivity index (χ3v) is 2.66. The maximum Gasteiger partial charge on any atom is 0.0948 e. The molecular weight excluding hydrogens is 226 g/mol. The van der Waals surface area contributed by atoms with E-state index in [1.165, 1.54) is 5.69 Å². The molecule has 0 radical (unpaired) electrons. The van der Waals surface area contributed by atoms with E-state index in [1.54, 1.807) is 0 Å². The molecule has 0 aromatic carbocycles. The van der Waals surface area contributed by atoms with Crippen molar-refractivity contribution in [1.82, 2.24) is 14.9 Å². The highest BCUT2D eigenvalue weighted by molar-refractivity contribution is 4.97. The third-order valence-electron chi connectivity index (χ3n) is 2.66. The van der Waals surface area contributed by atoms with Crippen molar-refractivity contribution in [2.24, 2.45) is 5.92 Å². The molecule has 0 aliphatic heterocycles. The molecule has 0 unspecified atom stereocenters. The lowest BCUT2D eigenvalue weighted by Crippen LogP contribution is -2.19. The van der Waals surface area contributed by atoms with Gasteiger partial charge in [0, 0.05) is 32.5 Å². The Bertz CT molecular complexity index is 310. The van der Waals surface area contributed by atoms with E-state index in [9.17, 15) is 0 Å². The summed E-state index contributed by atoms with van der Waals surface area (Å²) in [7, 11) is 0. The Morgan fingerprint density at radius 3 is 3.00 bits per heavy atom. The van der Waals surface area contributed by atoms with Gasteiger partial charge < -0.3 is 14.6 Å². The van der Waals surface area contributed by atoms with E-state index in [1.807, 2.05) is 12.5 Å². The molecule has 0 aliphatic rings. The summed E-state index contributed by atoms with van der Waals surface area (Å²) in [5.41, 5.74) is 1.26. The molecule has 1 rings (SSSR count). The van der Waals surface area contributed by atoms with Crippen LogP contribution in [-0.4, -0.2) is 29.3 Å². The standard InChI is InChI=1S/C14H27N3O/c1-4-7-17-12-16-10-14(17)9-15-6-5-8-18-11-13(2)3/h10,12-13,15H,4-9,11H2,1-3H3. The predicted octanol–water partition coefficient (Wildman–Crippen LogP) is 2.45. The first-order valence-corrected chi connectivity index (χ1v) is 7.01. The minimum absolute atomic E-state index is 0.626. The number of ether oxygens (including phenoxy) is 1. The van der Waals surface area contributed by atoms with Crippen LogP contribution in [0, 0.1) is 5.92 Å². The van der Waals surface area contributed by atoms with Crippen LogP contribution in [0.1, 0.15) is 39.3 Å². The summed E-state index contributed by atoms with van der Waals surface area (Å²) in [6, 6.07) is 0.